The molecule has 6 heteroatoms. The van der Waals surface area contributed by atoms with E-state index in [-0.39, 0.29) is 5.97 Å². The van der Waals surface area contributed by atoms with Gasteiger partial charge in [-0.15, -0.1) is 5.10 Å². The lowest BCUT2D eigenvalue weighted by Gasteiger charge is -2.21. The Kier molecular flexibility index (Phi) is 2.93. The van der Waals surface area contributed by atoms with E-state index in [0.717, 1.165) is 24.4 Å². The minimum atomic E-state index is -0.366. The highest BCUT2D eigenvalue weighted by molar-refractivity contribution is 5.90. The molecule has 0 N–H and O–H groups in total. The Bertz CT molecular complexity index is 631. The van der Waals surface area contributed by atoms with Gasteiger partial charge >= 0.3 is 5.97 Å². The van der Waals surface area contributed by atoms with Crippen LogP contribution in [0, 0.1) is 6.92 Å². The Hall–Kier alpha value is -1.98. The first-order chi connectivity index (χ1) is 9.20. The SMILES string of the molecule is CCOC(=O)c1cnc2nc(C3CCC3)nn2c1C. The van der Waals surface area contributed by atoms with Crippen LogP contribution in [0.1, 0.15) is 54.0 Å². The van der Waals surface area contributed by atoms with Crippen LogP contribution in [0.3, 0.4) is 0 Å². The standard InChI is InChI=1S/C13H16N4O2/c1-3-19-12(18)10-7-14-13-15-11(9-5-4-6-9)16-17(13)8(10)2/h7,9H,3-6H2,1-2H3. The zero-order chi connectivity index (χ0) is 13.4. The van der Waals surface area contributed by atoms with Crippen LogP contribution in [0.25, 0.3) is 5.78 Å². The van der Waals surface area contributed by atoms with Gasteiger partial charge in [-0.25, -0.2) is 14.3 Å². The molecule has 19 heavy (non-hydrogen) atoms. The number of carbonyl (C=O) groups excluding carboxylic acids is 1. The molecular formula is C13H16N4O2. The summed E-state index contributed by atoms with van der Waals surface area (Å²) in [5.74, 6) is 1.47. The van der Waals surface area contributed by atoms with Gasteiger partial charge in [0.05, 0.1) is 17.9 Å². The van der Waals surface area contributed by atoms with Crippen LogP contribution in [-0.4, -0.2) is 32.2 Å². The third kappa shape index (κ3) is 1.97. The monoisotopic (exact) mass is 260 g/mol. The fourth-order valence-corrected chi connectivity index (χ4v) is 2.21. The number of nitrogens with zero attached hydrogens (tertiary/aromatic N) is 4. The molecule has 0 radical (unpaired) electrons. The minimum Gasteiger partial charge on any atom is -0.462 e. The Balaban J connectivity index is 2.03. The zero-order valence-corrected chi connectivity index (χ0v) is 11.1. The normalized spacial score (nSPS) is 15.5. The molecule has 6 nitrogen and oxygen atoms in total. The van der Waals surface area contributed by atoms with Crippen molar-refractivity contribution in [3.8, 4) is 0 Å². The molecule has 0 amide bonds. The molecule has 0 saturated heterocycles. The van der Waals surface area contributed by atoms with Gasteiger partial charge < -0.3 is 4.74 Å². The lowest BCUT2D eigenvalue weighted by Crippen LogP contribution is -2.12. The number of hydrogen-bond donors (Lipinski definition) is 0. The van der Waals surface area contributed by atoms with Crippen LogP contribution in [0.4, 0.5) is 0 Å². The number of fused-ring (bicyclic) bond motifs is 1. The van der Waals surface area contributed by atoms with E-state index in [0.29, 0.717) is 23.9 Å². The minimum absolute atomic E-state index is 0.348. The second-order valence-electron chi connectivity index (χ2n) is 4.79. The van der Waals surface area contributed by atoms with Gasteiger partial charge in [-0.3, -0.25) is 0 Å². The predicted molar refractivity (Wildman–Crippen MR) is 68.1 cm³/mol. The topological polar surface area (TPSA) is 69.4 Å². The first-order valence-electron chi connectivity index (χ1n) is 6.60. The molecule has 1 aliphatic carbocycles. The number of esters is 1. The molecule has 1 saturated carbocycles. The summed E-state index contributed by atoms with van der Waals surface area (Å²) < 4.78 is 6.64. The van der Waals surface area contributed by atoms with E-state index in [2.05, 4.69) is 15.1 Å². The van der Waals surface area contributed by atoms with Crippen molar-refractivity contribution in [2.24, 2.45) is 0 Å². The third-order valence-electron chi connectivity index (χ3n) is 3.59. The van der Waals surface area contributed by atoms with Crippen molar-refractivity contribution in [2.45, 2.75) is 39.0 Å². The molecule has 2 aromatic rings. The molecule has 3 rings (SSSR count). The maximum Gasteiger partial charge on any atom is 0.341 e. The molecule has 2 heterocycles. The Morgan fingerprint density at radius 2 is 2.32 bits per heavy atom. The van der Waals surface area contributed by atoms with Gasteiger partial charge in [0.25, 0.3) is 5.78 Å². The number of hydrogen-bond acceptors (Lipinski definition) is 5. The van der Waals surface area contributed by atoms with Gasteiger partial charge in [0.15, 0.2) is 5.82 Å². The molecular weight excluding hydrogens is 244 g/mol. The number of ether oxygens (including phenoxy) is 1. The maximum atomic E-state index is 11.8. The number of carbonyl (C=O) groups is 1. The highest BCUT2D eigenvalue weighted by atomic mass is 16.5. The first-order valence-corrected chi connectivity index (χ1v) is 6.60. The maximum absolute atomic E-state index is 11.8. The van der Waals surface area contributed by atoms with Crippen LogP contribution in [0.5, 0.6) is 0 Å². The summed E-state index contributed by atoms with van der Waals surface area (Å²) in [6.07, 6.45) is 5.03. The summed E-state index contributed by atoms with van der Waals surface area (Å²) in [5.41, 5.74) is 1.17. The molecule has 1 fully saturated rings. The molecule has 0 spiro atoms. The fraction of sp³-hybridized carbons (Fsp3) is 0.538. The second kappa shape index (κ2) is 4.60. The Morgan fingerprint density at radius 3 is 2.95 bits per heavy atom. The summed E-state index contributed by atoms with van der Waals surface area (Å²) in [7, 11) is 0. The Morgan fingerprint density at radius 1 is 1.53 bits per heavy atom. The van der Waals surface area contributed by atoms with E-state index in [9.17, 15) is 4.79 Å². The van der Waals surface area contributed by atoms with Crippen LogP contribution in [0.15, 0.2) is 6.20 Å². The van der Waals surface area contributed by atoms with Gasteiger partial charge in [-0.2, -0.15) is 4.98 Å². The zero-order valence-electron chi connectivity index (χ0n) is 11.1. The van der Waals surface area contributed by atoms with Gasteiger partial charge in [0.2, 0.25) is 0 Å². The average Bonchev–Trinajstić information content (AvgIpc) is 2.71. The van der Waals surface area contributed by atoms with Crippen LogP contribution >= 0.6 is 0 Å². The molecule has 0 aromatic carbocycles. The quantitative estimate of drug-likeness (QED) is 0.788. The van der Waals surface area contributed by atoms with E-state index >= 15 is 0 Å². The molecule has 2 aromatic heterocycles. The summed E-state index contributed by atoms with van der Waals surface area (Å²) in [6, 6.07) is 0. The van der Waals surface area contributed by atoms with Crippen molar-refractivity contribution in [1.82, 2.24) is 19.6 Å². The summed E-state index contributed by atoms with van der Waals surface area (Å²) in [4.78, 5) is 20.4. The van der Waals surface area contributed by atoms with Crippen molar-refractivity contribution in [2.75, 3.05) is 6.61 Å². The van der Waals surface area contributed by atoms with E-state index in [4.69, 9.17) is 4.74 Å². The van der Waals surface area contributed by atoms with Gasteiger partial charge in [-0.05, 0) is 26.7 Å². The van der Waals surface area contributed by atoms with Gasteiger partial charge in [-0.1, -0.05) is 6.42 Å². The number of rotatable bonds is 3. The van der Waals surface area contributed by atoms with Crippen molar-refractivity contribution >= 4 is 11.7 Å². The van der Waals surface area contributed by atoms with E-state index in [1.807, 2.05) is 6.92 Å². The van der Waals surface area contributed by atoms with Crippen molar-refractivity contribution in [3.05, 3.63) is 23.3 Å². The largest absolute Gasteiger partial charge is 0.462 e. The molecule has 100 valence electrons. The molecule has 0 aliphatic heterocycles. The average molecular weight is 260 g/mol. The van der Waals surface area contributed by atoms with Gasteiger partial charge in [0.1, 0.15) is 0 Å². The molecule has 0 atom stereocenters. The fourth-order valence-electron chi connectivity index (χ4n) is 2.21. The highest BCUT2D eigenvalue weighted by Crippen LogP contribution is 2.34. The molecule has 0 unspecified atom stereocenters. The van der Waals surface area contributed by atoms with Crippen molar-refractivity contribution in [1.29, 1.82) is 0 Å². The van der Waals surface area contributed by atoms with Crippen molar-refractivity contribution < 1.29 is 9.53 Å². The molecule has 1 aliphatic rings. The van der Waals surface area contributed by atoms with E-state index < -0.39 is 0 Å². The summed E-state index contributed by atoms with van der Waals surface area (Å²) >= 11 is 0. The van der Waals surface area contributed by atoms with Crippen LogP contribution in [-0.2, 0) is 4.74 Å². The lowest BCUT2D eigenvalue weighted by atomic mass is 9.85. The van der Waals surface area contributed by atoms with E-state index in [1.165, 1.54) is 12.6 Å². The van der Waals surface area contributed by atoms with Gasteiger partial charge in [0, 0.05) is 12.1 Å². The van der Waals surface area contributed by atoms with Crippen LogP contribution < -0.4 is 0 Å². The highest BCUT2D eigenvalue weighted by Gasteiger charge is 2.25. The van der Waals surface area contributed by atoms with E-state index in [1.54, 1.807) is 11.4 Å². The number of aromatic nitrogens is 4. The summed E-state index contributed by atoms with van der Waals surface area (Å²) in [6.45, 7) is 3.96. The van der Waals surface area contributed by atoms with Crippen molar-refractivity contribution in [3.63, 3.8) is 0 Å². The first kappa shape index (κ1) is 12.1. The second-order valence-corrected chi connectivity index (χ2v) is 4.79. The lowest BCUT2D eigenvalue weighted by molar-refractivity contribution is 0.0524. The smallest absolute Gasteiger partial charge is 0.341 e. The molecule has 0 bridgehead atoms. The third-order valence-corrected chi connectivity index (χ3v) is 3.59. The summed E-state index contributed by atoms with van der Waals surface area (Å²) in [5, 5.41) is 4.47. The number of aryl methyl sites for hydroxylation is 1. The van der Waals surface area contributed by atoms with Crippen LogP contribution in [0.2, 0.25) is 0 Å². The predicted octanol–water partition coefficient (Wildman–Crippen LogP) is 1.88. The Labute approximate surface area is 110 Å².